The summed E-state index contributed by atoms with van der Waals surface area (Å²) in [5, 5.41) is 12.0. The quantitative estimate of drug-likeness (QED) is 0.766. The molecule has 2 unspecified atom stereocenters. The third kappa shape index (κ3) is 4.78. The molecule has 1 fully saturated rings. The number of hydrogen-bond donors (Lipinski definition) is 2. The predicted molar refractivity (Wildman–Crippen MR) is 92.3 cm³/mol. The monoisotopic (exact) mass is 347 g/mol. The molecule has 0 saturated carbocycles. The van der Waals surface area contributed by atoms with E-state index in [1.165, 1.54) is 18.3 Å². The normalized spacial score (nSPS) is 20.2. The fraction of sp³-hybridized carbons (Fsp3) is 0.556. The van der Waals surface area contributed by atoms with Crippen LogP contribution in [0.5, 0.6) is 0 Å². The van der Waals surface area contributed by atoms with Gasteiger partial charge < -0.3 is 15.3 Å². The van der Waals surface area contributed by atoms with Gasteiger partial charge in [0.1, 0.15) is 5.69 Å². The second-order valence-corrected chi connectivity index (χ2v) is 6.46. The van der Waals surface area contributed by atoms with E-state index in [1.807, 2.05) is 6.92 Å². The number of likely N-dealkylation sites (tertiary alicyclic amines) is 1. The number of nitrogens with one attached hydrogen (secondary N) is 1. The molecule has 2 heterocycles. The number of carboxylic acid groups (broad SMARTS) is 1. The van der Waals surface area contributed by atoms with Crippen LogP contribution in [0, 0.1) is 5.92 Å². The number of aromatic nitrogens is 1. The molecule has 136 valence electrons. The van der Waals surface area contributed by atoms with Crippen LogP contribution in [0.3, 0.4) is 0 Å². The first-order valence-corrected chi connectivity index (χ1v) is 8.72. The van der Waals surface area contributed by atoms with Crippen LogP contribution in [0.2, 0.25) is 0 Å². The molecular formula is C18H25N3O4. The van der Waals surface area contributed by atoms with Gasteiger partial charge >= 0.3 is 5.97 Å². The van der Waals surface area contributed by atoms with Crippen LogP contribution in [0.15, 0.2) is 18.3 Å². The van der Waals surface area contributed by atoms with Crippen molar-refractivity contribution in [1.82, 2.24) is 15.2 Å². The lowest BCUT2D eigenvalue weighted by Crippen LogP contribution is -2.49. The summed E-state index contributed by atoms with van der Waals surface area (Å²) in [6.45, 7) is 5.02. The van der Waals surface area contributed by atoms with E-state index in [2.05, 4.69) is 17.2 Å². The van der Waals surface area contributed by atoms with Gasteiger partial charge in [-0.15, -0.1) is 0 Å². The summed E-state index contributed by atoms with van der Waals surface area (Å²) in [7, 11) is 0. The number of pyridine rings is 1. The van der Waals surface area contributed by atoms with Gasteiger partial charge in [-0.1, -0.05) is 13.3 Å². The second kappa shape index (κ2) is 8.60. The number of amides is 2. The molecule has 0 radical (unpaired) electrons. The first-order chi connectivity index (χ1) is 11.9. The zero-order valence-corrected chi connectivity index (χ0v) is 14.7. The summed E-state index contributed by atoms with van der Waals surface area (Å²) in [6.07, 6.45) is 4.77. The van der Waals surface area contributed by atoms with Gasteiger partial charge in [0.25, 0.3) is 5.91 Å². The third-order valence-electron chi connectivity index (χ3n) is 4.57. The topological polar surface area (TPSA) is 99.6 Å². The van der Waals surface area contributed by atoms with Gasteiger partial charge in [0.15, 0.2) is 0 Å². The molecule has 0 spiro atoms. The lowest BCUT2D eigenvalue weighted by Gasteiger charge is -2.37. The van der Waals surface area contributed by atoms with E-state index < -0.39 is 5.97 Å². The van der Waals surface area contributed by atoms with E-state index in [0.29, 0.717) is 13.1 Å². The second-order valence-electron chi connectivity index (χ2n) is 6.46. The van der Waals surface area contributed by atoms with Gasteiger partial charge in [-0.3, -0.25) is 9.59 Å². The fourth-order valence-electron chi connectivity index (χ4n) is 2.98. The Morgan fingerprint density at radius 1 is 1.36 bits per heavy atom. The molecule has 1 aliphatic heterocycles. The highest BCUT2D eigenvalue weighted by molar-refractivity contribution is 5.97. The van der Waals surface area contributed by atoms with E-state index in [1.54, 1.807) is 4.90 Å². The molecule has 1 aliphatic rings. The Morgan fingerprint density at radius 3 is 2.80 bits per heavy atom. The number of rotatable bonds is 6. The van der Waals surface area contributed by atoms with Gasteiger partial charge in [0.05, 0.1) is 5.92 Å². The van der Waals surface area contributed by atoms with Crippen molar-refractivity contribution in [3.63, 3.8) is 0 Å². The Hall–Kier alpha value is -2.44. The zero-order valence-electron chi connectivity index (χ0n) is 14.7. The van der Waals surface area contributed by atoms with Crippen molar-refractivity contribution in [3.05, 3.63) is 29.6 Å². The Morgan fingerprint density at radius 2 is 2.12 bits per heavy atom. The molecule has 7 nitrogen and oxygen atoms in total. The van der Waals surface area contributed by atoms with Crippen LogP contribution >= 0.6 is 0 Å². The van der Waals surface area contributed by atoms with Crippen molar-refractivity contribution >= 4 is 17.8 Å². The number of carboxylic acids is 1. The third-order valence-corrected chi connectivity index (χ3v) is 4.57. The molecule has 2 N–H and O–H groups in total. The highest BCUT2D eigenvalue weighted by Crippen LogP contribution is 2.24. The highest BCUT2D eigenvalue weighted by Gasteiger charge is 2.33. The van der Waals surface area contributed by atoms with Crippen molar-refractivity contribution < 1.29 is 19.5 Å². The maximum absolute atomic E-state index is 12.8. The minimum absolute atomic E-state index is 0.00800. The molecular weight excluding hydrogens is 322 g/mol. The van der Waals surface area contributed by atoms with E-state index in [-0.39, 0.29) is 35.0 Å². The van der Waals surface area contributed by atoms with E-state index in [4.69, 9.17) is 5.11 Å². The zero-order chi connectivity index (χ0) is 18.4. The van der Waals surface area contributed by atoms with Crippen molar-refractivity contribution in [1.29, 1.82) is 0 Å². The van der Waals surface area contributed by atoms with Crippen molar-refractivity contribution in [2.45, 2.75) is 45.6 Å². The maximum atomic E-state index is 12.8. The number of nitrogens with zero attached hydrogens (tertiary/aromatic N) is 2. The molecule has 0 bridgehead atoms. The van der Waals surface area contributed by atoms with Crippen LogP contribution in [-0.2, 0) is 4.79 Å². The Bertz CT molecular complexity index is 647. The fourth-order valence-corrected chi connectivity index (χ4v) is 2.98. The van der Waals surface area contributed by atoms with Crippen LogP contribution in [0.4, 0.5) is 0 Å². The molecule has 0 aromatic carbocycles. The highest BCUT2D eigenvalue weighted by atomic mass is 16.4. The van der Waals surface area contributed by atoms with Gasteiger partial charge in [-0.2, -0.15) is 0 Å². The Labute approximate surface area is 147 Å². The minimum atomic E-state index is -1.17. The molecule has 1 aromatic rings. The van der Waals surface area contributed by atoms with Crippen LogP contribution < -0.4 is 5.32 Å². The van der Waals surface area contributed by atoms with E-state index in [0.717, 1.165) is 25.7 Å². The summed E-state index contributed by atoms with van der Waals surface area (Å²) in [5.41, 5.74) is 0.121. The van der Waals surface area contributed by atoms with Crippen LogP contribution in [-0.4, -0.2) is 51.9 Å². The van der Waals surface area contributed by atoms with Gasteiger partial charge in [-0.05, 0) is 38.3 Å². The van der Waals surface area contributed by atoms with E-state index in [9.17, 15) is 14.4 Å². The molecule has 7 heteroatoms. The predicted octanol–water partition coefficient (Wildman–Crippen LogP) is 1.94. The molecule has 1 aromatic heterocycles. The number of carbonyl (C=O) groups excluding carboxylic acids is 2. The summed E-state index contributed by atoms with van der Waals surface area (Å²) in [4.78, 5) is 41.5. The number of carbonyl (C=O) groups is 3. The van der Waals surface area contributed by atoms with Crippen molar-refractivity contribution in [3.8, 4) is 0 Å². The lowest BCUT2D eigenvalue weighted by atomic mass is 9.92. The average molecular weight is 347 g/mol. The van der Waals surface area contributed by atoms with Crippen LogP contribution in [0.1, 0.15) is 60.4 Å². The van der Waals surface area contributed by atoms with Gasteiger partial charge in [0.2, 0.25) is 5.91 Å². The largest absolute Gasteiger partial charge is 0.477 e. The number of hydrogen-bond acceptors (Lipinski definition) is 4. The standard InChI is InChI=1S/C18H25N3O4/c1-3-4-8-20-16(22)14-6-5-12(2)21(11-14)17(23)13-7-9-19-15(10-13)18(24)25/h7,9-10,12,14H,3-6,8,11H2,1-2H3,(H,20,22)(H,24,25). The van der Waals surface area contributed by atoms with E-state index >= 15 is 0 Å². The molecule has 0 aliphatic carbocycles. The molecule has 1 saturated heterocycles. The van der Waals surface area contributed by atoms with Crippen molar-refractivity contribution in [2.24, 2.45) is 5.92 Å². The molecule has 2 rings (SSSR count). The Balaban J connectivity index is 2.08. The maximum Gasteiger partial charge on any atom is 0.354 e. The summed E-state index contributed by atoms with van der Waals surface area (Å²) in [6, 6.07) is 2.79. The summed E-state index contributed by atoms with van der Waals surface area (Å²) >= 11 is 0. The van der Waals surface area contributed by atoms with Crippen LogP contribution in [0.25, 0.3) is 0 Å². The lowest BCUT2D eigenvalue weighted by molar-refractivity contribution is -0.126. The molecule has 2 atom stereocenters. The number of unbranched alkanes of at least 4 members (excludes halogenated alkanes) is 1. The number of aromatic carboxylic acids is 1. The van der Waals surface area contributed by atoms with Crippen molar-refractivity contribution in [2.75, 3.05) is 13.1 Å². The van der Waals surface area contributed by atoms with Gasteiger partial charge in [-0.25, -0.2) is 9.78 Å². The minimum Gasteiger partial charge on any atom is -0.477 e. The summed E-state index contributed by atoms with van der Waals surface area (Å²) in [5.74, 6) is -1.67. The first kappa shape index (κ1) is 18.9. The smallest absolute Gasteiger partial charge is 0.354 e. The van der Waals surface area contributed by atoms with Gasteiger partial charge in [0, 0.05) is 30.9 Å². The summed E-state index contributed by atoms with van der Waals surface area (Å²) < 4.78 is 0. The molecule has 25 heavy (non-hydrogen) atoms. The average Bonchev–Trinajstić information content (AvgIpc) is 2.61. The SMILES string of the molecule is CCCCNC(=O)C1CCC(C)N(C(=O)c2ccnc(C(=O)O)c2)C1. The first-order valence-electron chi connectivity index (χ1n) is 8.72. The molecule has 2 amide bonds. The Kier molecular flexibility index (Phi) is 6.50. The number of piperidine rings is 1.